The molecule has 2 aromatic rings. The Labute approximate surface area is 238 Å². The molecule has 0 saturated carbocycles. The SMILES string of the molecule is CO[C@@]1(c2ccc(Cl)c(Cc3ccc(OCC(F)(F)F)cc3)c2)O[C@H](CO[Si](C)(C)C(C)(C)C)[C@@H](O)C(O)[C@H]1O. The Bertz CT molecular complexity index is 1140. The van der Waals surface area contributed by atoms with Crippen molar-refractivity contribution < 1.29 is 47.1 Å². The zero-order valence-electron chi connectivity index (χ0n) is 23.5. The van der Waals surface area contributed by atoms with Gasteiger partial charge in [0.25, 0.3) is 0 Å². The first-order valence-corrected chi connectivity index (χ1v) is 16.2. The topological polar surface area (TPSA) is 97.6 Å². The third kappa shape index (κ3) is 7.38. The maximum absolute atomic E-state index is 12.4. The quantitative estimate of drug-likeness (QED) is 0.339. The summed E-state index contributed by atoms with van der Waals surface area (Å²) in [6.07, 6.45) is -9.80. The average Bonchev–Trinajstić information content (AvgIpc) is 2.87. The summed E-state index contributed by atoms with van der Waals surface area (Å²) in [6, 6.07) is 11.0. The smallest absolute Gasteiger partial charge is 0.422 e. The predicted molar refractivity (Wildman–Crippen MR) is 147 cm³/mol. The summed E-state index contributed by atoms with van der Waals surface area (Å²) in [6.45, 7) is 8.93. The third-order valence-corrected chi connectivity index (χ3v) is 12.5. The van der Waals surface area contributed by atoms with Crippen molar-refractivity contribution in [1.82, 2.24) is 0 Å². The van der Waals surface area contributed by atoms with Crippen LogP contribution in [0.4, 0.5) is 13.2 Å². The van der Waals surface area contributed by atoms with E-state index in [1.54, 1.807) is 30.3 Å². The zero-order valence-corrected chi connectivity index (χ0v) is 25.2. The summed E-state index contributed by atoms with van der Waals surface area (Å²) >= 11 is 6.47. The molecule has 5 atom stereocenters. The standard InChI is InChI=1S/C28H38ClF3O7Si/c1-26(2,3)40(5,6)38-15-22-23(33)24(34)25(35)28(36-4,39-22)19-9-12-21(29)18(14-19)13-17-7-10-20(11-8-17)37-16-27(30,31)32/h7-12,14,22-25,33-35H,13,15-16H2,1-6H3/t22-,23-,24?,25-,28+/m1/s1. The van der Waals surface area contributed by atoms with Crippen LogP contribution in [0.5, 0.6) is 5.75 Å². The minimum absolute atomic E-state index is 0.0181. The monoisotopic (exact) mass is 606 g/mol. The van der Waals surface area contributed by atoms with Gasteiger partial charge in [-0.2, -0.15) is 13.2 Å². The van der Waals surface area contributed by atoms with Gasteiger partial charge >= 0.3 is 6.18 Å². The largest absolute Gasteiger partial charge is 0.484 e. The number of benzene rings is 2. The molecule has 12 heteroatoms. The van der Waals surface area contributed by atoms with Gasteiger partial charge in [0.05, 0.1) is 6.61 Å². The number of alkyl halides is 3. The summed E-state index contributed by atoms with van der Waals surface area (Å²) in [5.41, 5.74) is 1.71. The molecule has 0 amide bonds. The van der Waals surface area contributed by atoms with Gasteiger partial charge in [0.2, 0.25) is 5.79 Å². The van der Waals surface area contributed by atoms with Gasteiger partial charge < -0.3 is 34.0 Å². The highest BCUT2D eigenvalue weighted by molar-refractivity contribution is 6.74. The number of aliphatic hydroxyl groups is 3. The van der Waals surface area contributed by atoms with Crippen molar-refractivity contribution >= 4 is 19.9 Å². The van der Waals surface area contributed by atoms with Crippen molar-refractivity contribution in [2.75, 3.05) is 20.3 Å². The van der Waals surface area contributed by atoms with Gasteiger partial charge in [-0.15, -0.1) is 0 Å². The molecule has 0 bridgehead atoms. The van der Waals surface area contributed by atoms with Crippen LogP contribution in [0.25, 0.3) is 0 Å². The molecule has 0 radical (unpaired) electrons. The van der Waals surface area contributed by atoms with Crippen LogP contribution in [0, 0.1) is 0 Å². The highest BCUT2D eigenvalue weighted by Gasteiger charge is 2.55. The molecule has 40 heavy (non-hydrogen) atoms. The van der Waals surface area contributed by atoms with Gasteiger partial charge in [-0.3, -0.25) is 0 Å². The second-order valence-corrected chi connectivity index (χ2v) is 16.8. The number of methoxy groups -OCH3 is 1. The van der Waals surface area contributed by atoms with E-state index >= 15 is 0 Å². The molecular weight excluding hydrogens is 569 g/mol. The minimum atomic E-state index is -4.44. The Morgan fingerprint density at radius 3 is 2.17 bits per heavy atom. The third-order valence-electron chi connectivity index (χ3n) is 7.66. The van der Waals surface area contributed by atoms with E-state index < -0.39 is 51.3 Å². The van der Waals surface area contributed by atoms with E-state index in [0.29, 0.717) is 22.6 Å². The van der Waals surface area contributed by atoms with Gasteiger partial charge in [-0.1, -0.05) is 50.6 Å². The van der Waals surface area contributed by atoms with Crippen LogP contribution in [0.3, 0.4) is 0 Å². The first-order valence-electron chi connectivity index (χ1n) is 12.9. The van der Waals surface area contributed by atoms with Gasteiger partial charge in [0, 0.05) is 17.7 Å². The van der Waals surface area contributed by atoms with Crippen molar-refractivity contribution in [3.05, 3.63) is 64.2 Å². The Balaban J connectivity index is 1.86. The van der Waals surface area contributed by atoms with Crippen LogP contribution >= 0.6 is 11.6 Å². The first kappa shape index (κ1) is 32.8. The molecular formula is C28H38ClF3O7Si. The fourth-order valence-corrected chi connectivity index (χ4v) is 5.37. The molecule has 1 unspecified atom stereocenters. The maximum atomic E-state index is 12.4. The number of ether oxygens (including phenoxy) is 3. The molecule has 2 aromatic carbocycles. The van der Waals surface area contributed by atoms with Crippen LogP contribution in [0.1, 0.15) is 37.5 Å². The van der Waals surface area contributed by atoms with Crippen molar-refractivity contribution in [3.63, 3.8) is 0 Å². The van der Waals surface area contributed by atoms with Crippen molar-refractivity contribution in [3.8, 4) is 5.75 Å². The zero-order chi connectivity index (χ0) is 30.1. The van der Waals surface area contributed by atoms with Gasteiger partial charge in [0.1, 0.15) is 30.2 Å². The highest BCUT2D eigenvalue weighted by Crippen LogP contribution is 2.42. The van der Waals surface area contributed by atoms with Crippen LogP contribution < -0.4 is 4.74 Å². The summed E-state index contributed by atoms with van der Waals surface area (Å²) in [5, 5.41) is 32.9. The van der Waals surface area contributed by atoms with E-state index in [4.69, 9.17) is 30.2 Å². The van der Waals surface area contributed by atoms with Gasteiger partial charge in [0.15, 0.2) is 14.9 Å². The van der Waals surface area contributed by atoms with E-state index in [1.807, 2.05) is 0 Å². The summed E-state index contributed by atoms with van der Waals surface area (Å²) in [4.78, 5) is 0. The first-order chi connectivity index (χ1) is 18.4. The lowest BCUT2D eigenvalue weighted by atomic mass is 9.87. The Kier molecular flexibility index (Phi) is 10.1. The lowest BCUT2D eigenvalue weighted by molar-refractivity contribution is -0.365. The molecule has 1 fully saturated rings. The molecule has 7 nitrogen and oxygen atoms in total. The molecule has 1 aliphatic heterocycles. The summed E-state index contributed by atoms with van der Waals surface area (Å²) in [5.74, 6) is -1.76. The Morgan fingerprint density at radius 1 is 1.00 bits per heavy atom. The van der Waals surface area contributed by atoms with Crippen LogP contribution in [0.2, 0.25) is 23.2 Å². The second kappa shape index (κ2) is 12.3. The number of hydrogen-bond acceptors (Lipinski definition) is 7. The molecule has 3 N–H and O–H groups in total. The molecule has 0 aromatic heterocycles. The maximum Gasteiger partial charge on any atom is 0.422 e. The molecule has 1 heterocycles. The summed E-state index contributed by atoms with van der Waals surface area (Å²) in [7, 11) is -0.903. The van der Waals surface area contributed by atoms with E-state index in [-0.39, 0.29) is 17.4 Å². The lowest BCUT2D eigenvalue weighted by Crippen LogP contribution is -2.64. The second-order valence-electron chi connectivity index (χ2n) is 11.6. The normalized spacial score (nSPS) is 26.1. The Hall–Kier alpha value is -1.70. The van der Waals surface area contributed by atoms with Gasteiger partial charge in [-0.25, -0.2) is 0 Å². The van der Waals surface area contributed by atoms with Crippen LogP contribution in [-0.2, 0) is 26.1 Å². The van der Waals surface area contributed by atoms with Crippen LogP contribution in [-0.4, -0.2) is 74.6 Å². The van der Waals surface area contributed by atoms with E-state index in [1.165, 1.54) is 19.2 Å². The van der Waals surface area contributed by atoms with E-state index in [9.17, 15) is 28.5 Å². The fourth-order valence-electron chi connectivity index (χ4n) is 4.18. The number of hydrogen-bond donors (Lipinski definition) is 3. The molecule has 224 valence electrons. The highest BCUT2D eigenvalue weighted by atomic mass is 35.5. The number of rotatable bonds is 9. The fraction of sp³-hybridized carbons (Fsp3) is 0.571. The molecule has 3 rings (SSSR count). The lowest BCUT2D eigenvalue weighted by Gasteiger charge is -2.49. The molecule has 0 spiro atoms. The average molecular weight is 607 g/mol. The summed E-state index contributed by atoms with van der Waals surface area (Å²) < 4.78 is 60.2. The van der Waals surface area contributed by atoms with E-state index in [2.05, 4.69) is 33.9 Å². The number of halogens is 4. The van der Waals surface area contributed by atoms with Crippen LogP contribution in [0.15, 0.2) is 42.5 Å². The van der Waals surface area contributed by atoms with Crippen molar-refractivity contribution in [1.29, 1.82) is 0 Å². The van der Waals surface area contributed by atoms with Crippen molar-refractivity contribution in [2.24, 2.45) is 0 Å². The molecule has 1 saturated heterocycles. The van der Waals surface area contributed by atoms with Gasteiger partial charge in [-0.05, 0) is 59.9 Å². The van der Waals surface area contributed by atoms with E-state index in [0.717, 1.165) is 5.56 Å². The Morgan fingerprint density at radius 2 is 1.62 bits per heavy atom. The molecule has 1 aliphatic rings. The number of aliphatic hydroxyl groups excluding tert-OH is 3. The minimum Gasteiger partial charge on any atom is -0.484 e. The predicted octanol–water partition coefficient (Wildman–Crippen LogP) is 5.17. The van der Waals surface area contributed by atoms with Crippen molar-refractivity contribution in [2.45, 2.75) is 81.7 Å². The molecule has 0 aliphatic carbocycles.